The zero-order valence-corrected chi connectivity index (χ0v) is 11.7. The molecule has 1 atom stereocenters. The van der Waals surface area contributed by atoms with E-state index in [4.69, 9.17) is 0 Å². The zero-order valence-electron chi connectivity index (χ0n) is 10.2. The topological polar surface area (TPSA) is 20.3 Å². The van der Waals surface area contributed by atoms with Gasteiger partial charge in [-0.2, -0.15) is 0 Å². The summed E-state index contributed by atoms with van der Waals surface area (Å²) in [6.07, 6.45) is 4.58. The van der Waals surface area contributed by atoms with E-state index in [-0.39, 0.29) is 5.91 Å². The summed E-state index contributed by atoms with van der Waals surface area (Å²) in [5, 5.41) is 0. The van der Waals surface area contributed by atoms with E-state index in [1.54, 1.807) is 0 Å². The molecular formula is C14H18BrNO. The molecule has 0 aliphatic carbocycles. The second kappa shape index (κ2) is 5.67. The van der Waals surface area contributed by atoms with Gasteiger partial charge in [0.25, 0.3) is 5.91 Å². The predicted octanol–water partition coefficient (Wildman–Crippen LogP) is 3.85. The molecule has 0 aromatic heterocycles. The minimum absolute atomic E-state index is 0.170. The molecule has 1 fully saturated rings. The summed E-state index contributed by atoms with van der Waals surface area (Å²) in [6, 6.07) is 8.10. The number of amides is 1. The first kappa shape index (κ1) is 12.6. The van der Waals surface area contributed by atoms with Crippen LogP contribution in [0.4, 0.5) is 0 Å². The molecule has 3 heteroatoms. The number of halogens is 1. The molecule has 1 amide bonds. The summed E-state index contributed by atoms with van der Waals surface area (Å²) < 4.78 is 0.894. The van der Waals surface area contributed by atoms with Gasteiger partial charge < -0.3 is 4.90 Å². The Morgan fingerprint density at radius 3 is 2.88 bits per heavy atom. The van der Waals surface area contributed by atoms with Crippen LogP contribution in [-0.2, 0) is 0 Å². The molecule has 0 N–H and O–H groups in total. The lowest BCUT2D eigenvalue weighted by molar-refractivity contribution is 0.0607. The highest BCUT2D eigenvalue weighted by Crippen LogP contribution is 2.24. The van der Waals surface area contributed by atoms with E-state index >= 15 is 0 Å². The molecule has 1 saturated heterocycles. The Balaban J connectivity index is 2.21. The standard InChI is InChI=1S/C14H18BrNO/c1-2-11-7-5-6-10-16(11)14(17)12-8-3-4-9-13(12)15/h3-4,8-9,11H,2,5-7,10H2,1H3/t11-/m1/s1. The third-order valence-corrected chi connectivity index (χ3v) is 4.16. The molecule has 0 spiro atoms. The van der Waals surface area contributed by atoms with Crippen LogP contribution in [0.5, 0.6) is 0 Å². The van der Waals surface area contributed by atoms with Gasteiger partial charge in [0.15, 0.2) is 0 Å². The van der Waals surface area contributed by atoms with Gasteiger partial charge in [-0.3, -0.25) is 4.79 Å². The molecule has 2 nitrogen and oxygen atoms in total. The smallest absolute Gasteiger partial charge is 0.255 e. The number of hydrogen-bond donors (Lipinski definition) is 0. The maximum Gasteiger partial charge on any atom is 0.255 e. The van der Waals surface area contributed by atoms with Crippen LogP contribution in [0.25, 0.3) is 0 Å². The second-order valence-corrected chi connectivity index (χ2v) is 5.39. The van der Waals surface area contributed by atoms with E-state index in [0.29, 0.717) is 6.04 Å². The lowest BCUT2D eigenvalue weighted by Crippen LogP contribution is -2.43. The lowest BCUT2D eigenvalue weighted by atomic mass is 9.99. The van der Waals surface area contributed by atoms with Crippen molar-refractivity contribution in [3.8, 4) is 0 Å². The molecule has 1 aromatic carbocycles. The average molecular weight is 296 g/mol. The molecule has 1 aromatic rings. The Bertz CT molecular complexity index is 405. The summed E-state index contributed by atoms with van der Waals surface area (Å²) in [6.45, 7) is 3.06. The minimum Gasteiger partial charge on any atom is -0.336 e. The number of likely N-dealkylation sites (tertiary alicyclic amines) is 1. The van der Waals surface area contributed by atoms with Crippen LogP contribution in [0.3, 0.4) is 0 Å². The van der Waals surface area contributed by atoms with E-state index < -0.39 is 0 Å². The molecule has 0 unspecified atom stereocenters. The quantitative estimate of drug-likeness (QED) is 0.811. The number of rotatable bonds is 2. The van der Waals surface area contributed by atoms with Crippen molar-refractivity contribution in [2.75, 3.05) is 6.54 Å². The summed E-state index contributed by atoms with van der Waals surface area (Å²) >= 11 is 3.46. The number of nitrogens with zero attached hydrogens (tertiary/aromatic N) is 1. The fraction of sp³-hybridized carbons (Fsp3) is 0.500. The van der Waals surface area contributed by atoms with Gasteiger partial charge in [-0.25, -0.2) is 0 Å². The lowest BCUT2D eigenvalue weighted by Gasteiger charge is -2.35. The Morgan fingerprint density at radius 2 is 2.18 bits per heavy atom. The van der Waals surface area contributed by atoms with Crippen LogP contribution in [0.2, 0.25) is 0 Å². The highest BCUT2D eigenvalue weighted by atomic mass is 79.9. The van der Waals surface area contributed by atoms with Gasteiger partial charge in [0.05, 0.1) is 5.56 Å². The number of carbonyl (C=O) groups is 1. The van der Waals surface area contributed by atoms with E-state index in [1.165, 1.54) is 6.42 Å². The fourth-order valence-electron chi connectivity index (χ4n) is 2.48. The van der Waals surface area contributed by atoms with Crippen LogP contribution in [0.15, 0.2) is 28.7 Å². The Labute approximate surface area is 111 Å². The summed E-state index contributed by atoms with van der Waals surface area (Å²) in [5.41, 5.74) is 0.785. The van der Waals surface area contributed by atoms with Crippen LogP contribution in [0, 0.1) is 0 Å². The molecule has 0 bridgehead atoms. The molecule has 0 saturated carbocycles. The fourth-order valence-corrected chi connectivity index (χ4v) is 2.94. The number of carbonyl (C=O) groups excluding carboxylic acids is 1. The van der Waals surface area contributed by atoms with Gasteiger partial charge in [-0.05, 0) is 53.7 Å². The van der Waals surface area contributed by atoms with Crippen molar-refractivity contribution in [2.24, 2.45) is 0 Å². The van der Waals surface area contributed by atoms with Crippen LogP contribution >= 0.6 is 15.9 Å². The van der Waals surface area contributed by atoms with Crippen molar-refractivity contribution in [2.45, 2.75) is 38.6 Å². The Hall–Kier alpha value is -0.830. The van der Waals surface area contributed by atoms with Crippen molar-refractivity contribution < 1.29 is 4.79 Å². The molecular weight excluding hydrogens is 278 g/mol. The number of piperidine rings is 1. The average Bonchev–Trinajstić information content (AvgIpc) is 2.38. The maximum atomic E-state index is 12.5. The van der Waals surface area contributed by atoms with Gasteiger partial charge in [-0.15, -0.1) is 0 Å². The van der Waals surface area contributed by atoms with Crippen molar-refractivity contribution >= 4 is 21.8 Å². The monoisotopic (exact) mass is 295 g/mol. The molecule has 1 aliphatic rings. The molecule has 2 rings (SSSR count). The van der Waals surface area contributed by atoms with Gasteiger partial charge in [0.2, 0.25) is 0 Å². The van der Waals surface area contributed by atoms with Crippen molar-refractivity contribution in [1.82, 2.24) is 4.90 Å². The maximum absolute atomic E-state index is 12.5. The second-order valence-electron chi connectivity index (χ2n) is 4.54. The van der Waals surface area contributed by atoms with E-state index in [0.717, 1.165) is 35.8 Å². The normalized spacial score (nSPS) is 20.4. The third kappa shape index (κ3) is 2.71. The number of hydrogen-bond acceptors (Lipinski definition) is 1. The predicted molar refractivity (Wildman–Crippen MR) is 73.1 cm³/mol. The first-order valence-corrected chi connectivity index (χ1v) is 7.09. The van der Waals surface area contributed by atoms with Crippen molar-refractivity contribution in [3.05, 3.63) is 34.3 Å². The van der Waals surface area contributed by atoms with Crippen LogP contribution in [0.1, 0.15) is 43.0 Å². The molecule has 1 aliphatic heterocycles. The van der Waals surface area contributed by atoms with Gasteiger partial charge >= 0.3 is 0 Å². The summed E-state index contributed by atoms with van der Waals surface area (Å²) in [4.78, 5) is 14.5. The first-order chi connectivity index (χ1) is 8.24. The molecule has 17 heavy (non-hydrogen) atoms. The summed E-state index contributed by atoms with van der Waals surface area (Å²) in [5.74, 6) is 0.170. The molecule has 0 radical (unpaired) electrons. The van der Waals surface area contributed by atoms with Crippen LogP contribution in [-0.4, -0.2) is 23.4 Å². The minimum atomic E-state index is 0.170. The van der Waals surface area contributed by atoms with Gasteiger partial charge in [-0.1, -0.05) is 19.1 Å². The van der Waals surface area contributed by atoms with E-state index in [2.05, 4.69) is 22.9 Å². The highest BCUT2D eigenvalue weighted by molar-refractivity contribution is 9.10. The first-order valence-electron chi connectivity index (χ1n) is 6.29. The largest absolute Gasteiger partial charge is 0.336 e. The van der Waals surface area contributed by atoms with Gasteiger partial charge in [0.1, 0.15) is 0 Å². The highest BCUT2D eigenvalue weighted by Gasteiger charge is 2.26. The van der Waals surface area contributed by atoms with Crippen molar-refractivity contribution in [1.29, 1.82) is 0 Å². The SMILES string of the molecule is CC[C@@H]1CCCCN1C(=O)c1ccccc1Br. The van der Waals surface area contributed by atoms with Gasteiger partial charge in [0, 0.05) is 17.1 Å². The van der Waals surface area contributed by atoms with E-state index in [1.807, 2.05) is 29.2 Å². The number of benzene rings is 1. The van der Waals surface area contributed by atoms with Crippen molar-refractivity contribution in [3.63, 3.8) is 0 Å². The van der Waals surface area contributed by atoms with E-state index in [9.17, 15) is 4.79 Å². The Morgan fingerprint density at radius 1 is 1.41 bits per heavy atom. The molecule has 92 valence electrons. The third-order valence-electron chi connectivity index (χ3n) is 3.46. The Kier molecular flexibility index (Phi) is 4.21. The summed E-state index contributed by atoms with van der Waals surface area (Å²) in [7, 11) is 0. The molecule has 1 heterocycles. The zero-order chi connectivity index (χ0) is 12.3. The van der Waals surface area contributed by atoms with Crippen LogP contribution < -0.4 is 0 Å².